The Morgan fingerprint density at radius 1 is 1.04 bits per heavy atom. The van der Waals surface area contributed by atoms with Crippen molar-refractivity contribution in [1.82, 2.24) is 10.3 Å². The van der Waals surface area contributed by atoms with Crippen LogP contribution in [-0.2, 0) is 6.42 Å². The number of anilines is 2. The largest absolute Gasteiger partial charge is 0.372 e. The molecule has 0 aliphatic rings. The first-order valence-corrected chi connectivity index (χ1v) is 9.16. The number of rotatable bonds is 7. The predicted molar refractivity (Wildman–Crippen MR) is 109 cm³/mol. The Bertz CT molecular complexity index is 850. The lowest BCUT2D eigenvalue weighted by molar-refractivity contribution is 0.252. The van der Waals surface area contributed by atoms with Gasteiger partial charge in [-0.15, -0.1) is 0 Å². The quantitative estimate of drug-likeness (QED) is 0.592. The van der Waals surface area contributed by atoms with E-state index in [1.54, 1.807) is 0 Å². The van der Waals surface area contributed by atoms with Crippen LogP contribution in [-0.4, -0.2) is 30.6 Å². The van der Waals surface area contributed by atoms with Gasteiger partial charge in [0, 0.05) is 48.1 Å². The molecule has 136 valence electrons. The number of hydrogen-bond donors (Lipinski definition) is 3. The number of aromatic amines is 1. The van der Waals surface area contributed by atoms with Crippen molar-refractivity contribution in [3.05, 3.63) is 60.3 Å². The highest BCUT2D eigenvalue weighted by molar-refractivity contribution is 5.89. The van der Waals surface area contributed by atoms with Crippen molar-refractivity contribution in [2.45, 2.75) is 20.3 Å². The molecule has 3 N–H and O–H groups in total. The van der Waals surface area contributed by atoms with E-state index in [0.29, 0.717) is 6.54 Å². The van der Waals surface area contributed by atoms with Crippen molar-refractivity contribution in [1.29, 1.82) is 0 Å². The number of nitrogens with one attached hydrogen (secondary N) is 3. The molecule has 0 saturated carbocycles. The summed E-state index contributed by atoms with van der Waals surface area (Å²) in [6, 6.07) is 16.0. The number of amides is 2. The summed E-state index contributed by atoms with van der Waals surface area (Å²) >= 11 is 0. The molecular formula is C21H26N4O. The number of nitrogens with zero attached hydrogens (tertiary/aromatic N) is 1. The van der Waals surface area contributed by atoms with E-state index in [9.17, 15) is 4.79 Å². The maximum Gasteiger partial charge on any atom is 0.319 e. The first-order chi connectivity index (χ1) is 12.7. The summed E-state index contributed by atoms with van der Waals surface area (Å²) in [6.45, 7) is 6.80. The predicted octanol–water partition coefficient (Wildman–Crippen LogP) is 4.38. The summed E-state index contributed by atoms with van der Waals surface area (Å²) in [7, 11) is 0. The Hall–Kier alpha value is -2.95. The molecule has 5 heteroatoms. The Morgan fingerprint density at radius 2 is 1.77 bits per heavy atom. The van der Waals surface area contributed by atoms with Crippen molar-refractivity contribution in [2.75, 3.05) is 29.9 Å². The van der Waals surface area contributed by atoms with Crippen LogP contribution >= 0.6 is 0 Å². The van der Waals surface area contributed by atoms with E-state index in [1.807, 2.05) is 42.6 Å². The van der Waals surface area contributed by atoms with Gasteiger partial charge in [0.05, 0.1) is 0 Å². The highest BCUT2D eigenvalue weighted by Crippen LogP contribution is 2.18. The van der Waals surface area contributed by atoms with Crippen molar-refractivity contribution in [2.24, 2.45) is 0 Å². The van der Waals surface area contributed by atoms with Gasteiger partial charge in [-0.1, -0.05) is 18.2 Å². The molecule has 1 heterocycles. The highest BCUT2D eigenvalue weighted by atomic mass is 16.2. The van der Waals surface area contributed by atoms with Crippen molar-refractivity contribution in [3.8, 4) is 0 Å². The number of fused-ring (bicyclic) bond motifs is 1. The molecule has 26 heavy (non-hydrogen) atoms. The average molecular weight is 350 g/mol. The van der Waals surface area contributed by atoms with E-state index in [-0.39, 0.29) is 6.03 Å². The summed E-state index contributed by atoms with van der Waals surface area (Å²) in [6.07, 6.45) is 2.80. The van der Waals surface area contributed by atoms with Crippen molar-refractivity contribution in [3.63, 3.8) is 0 Å². The summed E-state index contributed by atoms with van der Waals surface area (Å²) < 4.78 is 0. The van der Waals surface area contributed by atoms with Crippen LogP contribution in [0.2, 0.25) is 0 Å². The number of aromatic nitrogens is 1. The highest BCUT2D eigenvalue weighted by Gasteiger charge is 2.06. The van der Waals surface area contributed by atoms with Crippen molar-refractivity contribution < 1.29 is 4.79 Å². The fraction of sp³-hybridized carbons (Fsp3) is 0.286. The molecule has 0 saturated heterocycles. The fourth-order valence-electron chi connectivity index (χ4n) is 3.17. The lowest BCUT2D eigenvalue weighted by Gasteiger charge is -2.21. The van der Waals surface area contributed by atoms with E-state index in [0.717, 1.165) is 30.7 Å². The van der Waals surface area contributed by atoms with E-state index < -0.39 is 0 Å². The zero-order chi connectivity index (χ0) is 18.4. The second kappa shape index (κ2) is 8.43. The molecule has 1 aromatic heterocycles. The molecule has 0 radical (unpaired) electrons. The molecule has 3 rings (SSSR count). The smallest absolute Gasteiger partial charge is 0.319 e. The topological polar surface area (TPSA) is 60.2 Å². The zero-order valence-electron chi connectivity index (χ0n) is 15.4. The van der Waals surface area contributed by atoms with Gasteiger partial charge in [-0.3, -0.25) is 0 Å². The third-order valence-corrected chi connectivity index (χ3v) is 4.61. The third-order valence-electron chi connectivity index (χ3n) is 4.61. The summed E-state index contributed by atoms with van der Waals surface area (Å²) in [5, 5.41) is 7.01. The van der Waals surface area contributed by atoms with Crippen LogP contribution in [0.25, 0.3) is 10.9 Å². The number of carbonyl (C=O) groups is 1. The number of carbonyl (C=O) groups excluding carboxylic acids is 1. The van der Waals surface area contributed by atoms with Crippen LogP contribution in [0, 0.1) is 0 Å². The first-order valence-electron chi connectivity index (χ1n) is 9.16. The minimum Gasteiger partial charge on any atom is -0.372 e. The van der Waals surface area contributed by atoms with Gasteiger partial charge in [0.25, 0.3) is 0 Å². The molecule has 0 unspecified atom stereocenters. The van der Waals surface area contributed by atoms with Gasteiger partial charge in [0.15, 0.2) is 0 Å². The second-order valence-corrected chi connectivity index (χ2v) is 6.21. The summed E-state index contributed by atoms with van der Waals surface area (Å²) in [4.78, 5) is 17.6. The van der Waals surface area contributed by atoms with Crippen LogP contribution in [0.3, 0.4) is 0 Å². The van der Waals surface area contributed by atoms with Crippen molar-refractivity contribution >= 4 is 28.3 Å². The SMILES string of the molecule is CCN(CC)c1ccc(NC(=O)NCCc2c[nH]c3ccccc23)cc1. The number of H-pyrrole nitrogens is 1. The summed E-state index contributed by atoms with van der Waals surface area (Å²) in [5.41, 5.74) is 4.30. The fourth-order valence-corrected chi connectivity index (χ4v) is 3.17. The van der Waals surface area contributed by atoms with E-state index in [4.69, 9.17) is 0 Å². The normalized spacial score (nSPS) is 10.7. The number of benzene rings is 2. The Balaban J connectivity index is 1.49. The van der Waals surface area contributed by atoms with Crippen LogP contribution in [0.4, 0.5) is 16.2 Å². The van der Waals surface area contributed by atoms with E-state index in [2.05, 4.69) is 46.5 Å². The maximum atomic E-state index is 12.1. The van der Waals surface area contributed by atoms with Gasteiger partial charge >= 0.3 is 6.03 Å². The number of para-hydroxylation sites is 1. The van der Waals surface area contributed by atoms with Gasteiger partial charge in [0.2, 0.25) is 0 Å². The Morgan fingerprint density at radius 3 is 2.50 bits per heavy atom. The molecule has 0 aliphatic heterocycles. The summed E-state index contributed by atoms with van der Waals surface area (Å²) in [5.74, 6) is 0. The monoisotopic (exact) mass is 350 g/mol. The maximum absolute atomic E-state index is 12.1. The minimum absolute atomic E-state index is 0.180. The van der Waals surface area contributed by atoms with Gasteiger partial charge in [-0.25, -0.2) is 4.79 Å². The second-order valence-electron chi connectivity index (χ2n) is 6.21. The number of urea groups is 1. The number of hydrogen-bond acceptors (Lipinski definition) is 2. The Kier molecular flexibility index (Phi) is 5.79. The Labute approximate surface area is 154 Å². The molecule has 0 fully saturated rings. The van der Waals surface area contributed by atoms with Crippen LogP contribution in [0.15, 0.2) is 54.7 Å². The van der Waals surface area contributed by atoms with E-state index >= 15 is 0 Å². The van der Waals surface area contributed by atoms with Gasteiger partial charge in [-0.05, 0) is 56.2 Å². The van der Waals surface area contributed by atoms with Gasteiger partial charge in [-0.2, -0.15) is 0 Å². The molecule has 2 amide bonds. The first kappa shape index (κ1) is 17.9. The van der Waals surface area contributed by atoms with Crippen LogP contribution < -0.4 is 15.5 Å². The minimum atomic E-state index is -0.180. The lowest BCUT2D eigenvalue weighted by atomic mass is 10.1. The third kappa shape index (κ3) is 4.17. The lowest BCUT2D eigenvalue weighted by Crippen LogP contribution is -2.30. The molecule has 2 aromatic carbocycles. The molecule has 0 bridgehead atoms. The molecule has 3 aromatic rings. The van der Waals surface area contributed by atoms with Crippen LogP contribution in [0.1, 0.15) is 19.4 Å². The van der Waals surface area contributed by atoms with Crippen LogP contribution in [0.5, 0.6) is 0 Å². The molecular weight excluding hydrogens is 324 g/mol. The molecule has 0 atom stereocenters. The van der Waals surface area contributed by atoms with Gasteiger partial charge < -0.3 is 20.5 Å². The zero-order valence-corrected chi connectivity index (χ0v) is 15.4. The molecule has 5 nitrogen and oxygen atoms in total. The molecule has 0 spiro atoms. The van der Waals surface area contributed by atoms with Gasteiger partial charge in [0.1, 0.15) is 0 Å². The molecule has 0 aliphatic carbocycles. The standard InChI is InChI=1S/C21H26N4O/c1-3-25(4-2)18-11-9-17(10-12-18)24-21(26)22-14-13-16-15-23-20-8-6-5-7-19(16)20/h5-12,15,23H,3-4,13-14H2,1-2H3,(H2,22,24,26). The van der Waals surface area contributed by atoms with E-state index in [1.165, 1.54) is 16.6 Å². The average Bonchev–Trinajstić information content (AvgIpc) is 3.07.